The van der Waals surface area contributed by atoms with E-state index < -0.39 is 0 Å². The molecule has 6 nitrogen and oxygen atoms in total. The topological polar surface area (TPSA) is 65.6 Å². The number of Topliss-reactive ketones (excluding diaryl/α,β-unsaturated/α-hetero) is 1. The molecule has 2 fully saturated rings. The summed E-state index contributed by atoms with van der Waals surface area (Å²) >= 11 is 0. The van der Waals surface area contributed by atoms with Gasteiger partial charge in [0.05, 0.1) is 19.3 Å². The minimum Gasteiger partial charge on any atom is -0.376 e. The fraction of sp³-hybridized carbons (Fsp3) is 0.647. The number of amides is 1. The Hall–Kier alpha value is -1.66. The molecular weight excluding hydrogens is 294 g/mol. The van der Waals surface area contributed by atoms with Crippen LogP contribution in [0, 0.1) is 0 Å². The molecule has 2 aliphatic rings. The number of ether oxygens (including phenoxy) is 1. The summed E-state index contributed by atoms with van der Waals surface area (Å²) in [6.07, 6.45) is 4.96. The van der Waals surface area contributed by atoms with Crippen molar-refractivity contribution in [1.29, 1.82) is 0 Å². The molecule has 1 aromatic heterocycles. The van der Waals surface area contributed by atoms with E-state index in [2.05, 4.69) is 16.8 Å². The molecule has 23 heavy (non-hydrogen) atoms. The highest BCUT2D eigenvalue weighted by Crippen LogP contribution is 2.14. The first-order chi connectivity index (χ1) is 11.2. The van der Waals surface area contributed by atoms with Crippen LogP contribution in [-0.4, -0.2) is 71.9 Å². The van der Waals surface area contributed by atoms with Crippen LogP contribution in [0.25, 0.3) is 0 Å². The lowest BCUT2D eigenvalue weighted by molar-refractivity contribution is -0.0271. The quantitative estimate of drug-likeness (QED) is 0.836. The fourth-order valence-corrected chi connectivity index (χ4v) is 3.23. The first-order valence-electron chi connectivity index (χ1n) is 8.52. The molecule has 0 bridgehead atoms. The molecule has 1 aromatic rings. The van der Waals surface area contributed by atoms with Crippen LogP contribution >= 0.6 is 0 Å². The average molecular weight is 319 g/mol. The van der Waals surface area contributed by atoms with Gasteiger partial charge in [0.15, 0.2) is 5.78 Å². The van der Waals surface area contributed by atoms with E-state index in [0.29, 0.717) is 24.4 Å². The first-order valence-corrected chi connectivity index (χ1v) is 8.52. The van der Waals surface area contributed by atoms with E-state index in [-0.39, 0.29) is 17.8 Å². The molecule has 0 unspecified atom stereocenters. The molecule has 3 heterocycles. The van der Waals surface area contributed by atoms with Crippen molar-refractivity contribution in [3.8, 4) is 0 Å². The maximum absolute atomic E-state index is 12.4. The predicted molar refractivity (Wildman–Crippen MR) is 86.7 cm³/mol. The number of morpholine rings is 1. The van der Waals surface area contributed by atoms with Gasteiger partial charge in [0.2, 0.25) is 0 Å². The number of carbonyl (C=O) groups excluding carboxylic acids is 2. The number of carbonyl (C=O) groups is 2. The molecular formula is C17H25N3O3. The molecule has 1 atom stereocenters. The zero-order chi connectivity index (χ0) is 16.2. The van der Waals surface area contributed by atoms with Crippen LogP contribution in [0.1, 0.15) is 47.0 Å². The van der Waals surface area contributed by atoms with Crippen LogP contribution < -0.4 is 0 Å². The van der Waals surface area contributed by atoms with Crippen molar-refractivity contribution < 1.29 is 14.3 Å². The Labute approximate surface area is 136 Å². The number of H-pyrrole nitrogens is 1. The molecule has 0 radical (unpaired) electrons. The second-order valence-electron chi connectivity index (χ2n) is 6.36. The Morgan fingerprint density at radius 2 is 2.09 bits per heavy atom. The number of nitrogens with zero attached hydrogens (tertiary/aromatic N) is 2. The number of aromatic nitrogens is 1. The predicted octanol–water partition coefficient (Wildman–Crippen LogP) is 1.54. The van der Waals surface area contributed by atoms with Crippen molar-refractivity contribution in [3.05, 3.63) is 23.5 Å². The molecule has 1 amide bonds. The molecule has 126 valence electrons. The third kappa shape index (κ3) is 3.82. The van der Waals surface area contributed by atoms with Gasteiger partial charge in [0.25, 0.3) is 5.91 Å². The smallest absolute Gasteiger partial charge is 0.270 e. The third-order valence-corrected chi connectivity index (χ3v) is 4.67. The summed E-state index contributed by atoms with van der Waals surface area (Å²) in [5.41, 5.74) is 1.11. The van der Waals surface area contributed by atoms with Crippen molar-refractivity contribution in [1.82, 2.24) is 14.8 Å². The Morgan fingerprint density at radius 1 is 1.30 bits per heavy atom. The van der Waals surface area contributed by atoms with Crippen molar-refractivity contribution in [2.24, 2.45) is 0 Å². The molecule has 2 aliphatic heterocycles. The zero-order valence-corrected chi connectivity index (χ0v) is 13.7. The van der Waals surface area contributed by atoms with Gasteiger partial charge in [-0.2, -0.15) is 0 Å². The van der Waals surface area contributed by atoms with E-state index in [1.54, 1.807) is 12.3 Å². The minimum atomic E-state index is -0.000954. The van der Waals surface area contributed by atoms with E-state index in [9.17, 15) is 9.59 Å². The van der Waals surface area contributed by atoms with Gasteiger partial charge >= 0.3 is 0 Å². The summed E-state index contributed by atoms with van der Waals surface area (Å²) in [6.45, 7) is 6.37. The van der Waals surface area contributed by atoms with E-state index in [1.165, 1.54) is 0 Å². The van der Waals surface area contributed by atoms with E-state index in [1.807, 2.05) is 4.90 Å². The molecule has 0 spiro atoms. The van der Waals surface area contributed by atoms with Gasteiger partial charge in [-0.05, 0) is 25.3 Å². The van der Waals surface area contributed by atoms with Gasteiger partial charge in [-0.1, -0.05) is 6.92 Å². The summed E-state index contributed by atoms with van der Waals surface area (Å²) < 4.78 is 5.63. The maximum atomic E-state index is 12.4. The monoisotopic (exact) mass is 319 g/mol. The van der Waals surface area contributed by atoms with Crippen molar-refractivity contribution >= 4 is 11.7 Å². The molecule has 0 aliphatic carbocycles. The Kier molecular flexibility index (Phi) is 5.13. The standard InChI is InChI=1S/C17H25N3O3/c1-2-14-11-19(7-8-23-14)12-16(21)13-9-15(18-10-13)17(22)20-5-3-4-6-20/h9-10,14,18H,2-8,11-12H2,1H3/t14-/m1/s1. The van der Waals surface area contributed by atoms with E-state index in [4.69, 9.17) is 4.74 Å². The molecule has 2 saturated heterocycles. The number of nitrogens with one attached hydrogen (secondary N) is 1. The molecule has 0 aromatic carbocycles. The van der Waals surface area contributed by atoms with E-state index >= 15 is 0 Å². The Morgan fingerprint density at radius 3 is 2.83 bits per heavy atom. The third-order valence-electron chi connectivity index (χ3n) is 4.67. The molecule has 3 rings (SSSR count). The minimum absolute atomic E-state index is 0.000954. The van der Waals surface area contributed by atoms with Crippen molar-refractivity contribution in [2.75, 3.05) is 39.3 Å². The van der Waals surface area contributed by atoms with Gasteiger partial charge in [-0.3, -0.25) is 14.5 Å². The molecule has 0 saturated carbocycles. The molecule has 1 N–H and O–H groups in total. The van der Waals surface area contributed by atoms with Crippen molar-refractivity contribution in [3.63, 3.8) is 0 Å². The largest absolute Gasteiger partial charge is 0.376 e. The zero-order valence-electron chi connectivity index (χ0n) is 13.7. The van der Waals surface area contributed by atoms with Crippen LogP contribution in [0.5, 0.6) is 0 Å². The van der Waals surface area contributed by atoms with Crippen LogP contribution in [0.4, 0.5) is 0 Å². The van der Waals surface area contributed by atoms with Crippen LogP contribution in [0.2, 0.25) is 0 Å². The van der Waals surface area contributed by atoms with Crippen molar-refractivity contribution in [2.45, 2.75) is 32.3 Å². The highest BCUT2D eigenvalue weighted by Gasteiger charge is 2.24. The molecule has 6 heteroatoms. The second-order valence-corrected chi connectivity index (χ2v) is 6.36. The summed E-state index contributed by atoms with van der Waals surface area (Å²) in [5, 5.41) is 0. The van der Waals surface area contributed by atoms with Crippen LogP contribution in [0.3, 0.4) is 0 Å². The summed E-state index contributed by atoms with van der Waals surface area (Å²) in [6, 6.07) is 1.70. The summed E-state index contributed by atoms with van der Waals surface area (Å²) in [7, 11) is 0. The normalized spacial score (nSPS) is 22.5. The lowest BCUT2D eigenvalue weighted by atomic mass is 10.1. The summed E-state index contributed by atoms with van der Waals surface area (Å²) in [4.78, 5) is 31.7. The summed E-state index contributed by atoms with van der Waals surface area (Å²) in [5.74, 6) is 0.0532. The Bertz CT molecular complexity index is 563. The van der Waals surface area contributed by atoms with Gasteiger partial charge in [0.1, 0.15) is 5.69 Å². The fourth-order valence-electron chi connectivity index (χ4n) is 3.23. The number of likely N-dealkylation sites (tertiary alicyclic amines) is 1. The van der Waals surface area contributed by atoms with Gasteiger partial charge in [-0.15, -0.1) is 0 Å². The van der Waals surface area contributed by atoms with Gasteiger partial charge < -0.3 is 14.6 Å². The number of ketones is 1. The lowest BCUT2D eigenvalue weighted by Crippen LogP contribution is -2.44. The average Bonchev–Trinajstić information content (AvgIpc) is 3.26. The maximum Gasteiger partial charge on any atom is 0.270 e. The van der Waals surface area contributed by atoms with Gasteiger partial charge in [0, 0.05) is 37.9 Å². The SMILES string of the molecule is CC[C@@H]1CN(CC(=O)c2c[nH]c(C(=O)N3CCCC3)c2)CCO1. The first kappa shape index (κ1) is 16.2. The number of hydrogen-bond acceptors (Lipinski definition) is 4. The van der Waals surface area contributed by atoms with Gasteiger partial charge in [-0.25, -0.2) is 0 Å². The number of rotatable bonds is 5. The number of aromatic amines is 1. The van der Waals surface area contributed by atoms with E-state index in [0.717, 1.165) is 45.4 Å². The highest BCUT2D eigenvalue weighted by molar-refractivity contribution is 6.01. The second kappa shape index (κ2) is 7.27. The number of hydrogen-bond donors (Lipinski definition) is 1. The van der Waals surface area contributed by atoms with Crippen LogP contribution in [-0.2, 0) is 4.74 Å². The van der Waals surface area contributed by atoms with Crippen LogP contribution in [0.15, 0.2) is 12.3 Å². The lowest BCUT2D eigenvalue weighted by Gasteiger charge is -2.31. The Balaban J connectivity index is 1.58. The highest BCUT2D eigenvalue weighted by atomic mass is 16.5.